The number of carbonyl (C=O) groups excluding carboxylic acids is 1. The molecule has 0 aromatic carbocycles. The van der Waals surface area contributed by atoms with Crippen LogP contribution in [0.1, 0.15) is 112 Å². The summed E-state index contributed by atoms with van der Waals surface area (Å²) < 4.78 is 12.3. The topological polar surface area (TPSA) is 59.0 Å². The molecule has 37 heavy (non-hydrogen) atoms. The number of nitrogens with zero attached hydrogens (tertiary/aromatic N) is 1. The molecule has 5 nitrogen and oxygen atoms in total. The predicted octanol–water partition coefficient (Wildman–Crippen LogP) is 5.93. The Morgan fingerprint density at radius 3 is 2.59 bits per heavy atom. The lowest BCUT2D eigenvalue weighted by atomic mass is 9.41. The maximum Gasteiger partial charge on any atom is 0.302 e. The first-order valence-corrected chi connectivity index (χ1v) is 15.7. The van der Waals surface area contributed by atoms with Gasteiger partial charge in [-0.05, 0) is 106 Å². The van der Waals surface area contributed by atoms with Crippen LogP contribution in [0.25, 0.3) is 0 Å². The number of aliphatic hydroxyl groups excluding tert-OH is 1. The second kappa shape index (κ2) is 7.75. The van der Waals surface area contributed by atoms with Gasteiger partial charge in [0.05, 0.1) is 11.0 Å². The highest BCUT2D eigenvalue weighted by Crippen LogP contribution is 2.79. The van der Waals surface area contributed by atoms with E-state index in [1.165, 1.54) is 64.8 Å². The molecule has 7 bridgehead atoms. The van der Waals surface area contributed by atoms with Gasteiger partial charge in [0.15, 0.2) is 6.29 Å². The van der Waals surface area contributed by atoms with Gasteiger partial charge < -0.3 is 14.6 Å². The summed E-state index contributed by atoms with van der Waals surface area (Å²) in [5, 5.41) is 11.3. The van der Waals surface area contributed by atoms with Gasteiger partial charge in [0, 0.05) is 31.0 Å². The summed E-state index contributed by atoms with van der Waals surface area (Å²) in [6.45, 7) is 14.9. The maximum absolute atomic E-state index is 12.1. The van der Waals surface area contributed by atoms with Crippen molar-refractivity contribution < 1.29 is 19.4 Å². The van der Waals surface area contributed by atoms with E-state index in [4.69, 9.17) is 9.47 Å². The molecule has 3 aliphatic carbocycles. The number of aliphatic hydroxyl groups is 1. The first kappa shape index (κ1) is 25.3. The molecular weight excluding hydrogens is 462 g/mol. The Morgan fingerprint density at radius 1 is 1.08 bits per heavy atom. The molecule has 7 aliphatic rings. The molecule has 5 heteroatoms. The van der Waals surface area contributed by atoms with Gasteiger partial charge in [0.2, 0.25) is 0 Å². The highest BCUT2D eigenvalue weighted by Gasteiger charge is 2.80. The Labute approximate surface area is 224 Å². The maximum atomic E-state index is 12.1. The van der Waals surface area contributed by atoms with Crippen LogP contribution in [0.4, 0.5) is 0 Å². The van der Waals surface area contributed by atoms with Crippen molar-refractivity contribution in [2.45, 2.75) is 142 Å². The van der Waals surface area contributed by atoms with E-state index in [1.807, 2.05) is 0 Å². The molecule has 0 radical (unpaired) electrons. The molecule has 0 aromatic rings. The molecule has 7 rings (SSSR count). The van der Waals surface area contributed by atoms with Gasteiger partial charge in [-0.2, -0.15) is 0 Å². The molecule has 0 amide bonds. The van der Waals surface area contributed by atoms with Crippen molar-refractivity contribution in [1.29, 1.82) is 0 Å². The predicted molar refractivity (Wildman–Crippen MR) is 143 cm³/mol. The fourth-order valence-corrected chi connectivity index (χ4v) is 13.0. The molecule has 1 N–H and O–H groups in total. The second-order valence-corrected chi connectivity index (χ2v) is 15.7. The van der Waals surface area contributed by atoms with Crippen molar-refractivity contribution in [2.24, 2.45) is 45.8 Å². The quantitative estimate of drug-likeness (QED) is 0.462. The number of rotatable bonds is 5. The number of fused-ring (bicyclic) bond motifs is 4. The Kier molecular flexibility index (Phi) is 5.31. The van der Waals surface area contributed by atoms with Gasteiger partial charge in [-0.3, -0.25) is 9.69 Å². The fourth-order valence-electron chi connectivity index (χ4n) is 13.0. The van der Waals surface area contributed by atoms with Crippen molar-refractivity contribution in [3.8, 4) is 0 Å². The van der Waals surface area contributed by atoms with Gasteiger partial charge >= 0.3 is 5.97 Å². The van der Waals surface area contributed by atoms with E-state index in [2.05, 4.69) is 39.5 Å². The number of hydrogen-bond acceptors (Lipinski definition) is 5. The molecular formula is C32H51NO4. The summed E-state index contributed by atoms with van der Waals surface area (Å²) in [6, 6.07) is 0.713. The van der Waals surface area contributed by atoms with E-state index in [1.54, 1.807) is 0 Å². The van der Waals surface area contributed by atoms with Crippen molar-refractivity contribution in [1.82, 2.24) is 4.90 Å². The summed E-state index contributed by atoms with van der Waals surface area (Å²) in [5.74, 6) is 3.13. The third-order valence-corrected chi connectivity index (χ3v) is 14.5. The monoisotopic (exact) mass is 513 g/mol. The minimum Gasteiger partial charge on any atom is -0.462 e. The van der Waals surface area contributed by atoms with Crippen LogP contribution in [-0.2, 0) is 14.3 Å². The summed E-state index contributed by atoms with van der Waals surface area (Å²) in [7, 11) is 0. The third kappa shape index (κ3) is 2.81. The Morgan fingerprint density at radius 2 is 1.86 bits per heavy atom. The van der Waals surface area contributed by atoms with E-state index >= 15 is 0 Å². The summed E-state index contributed by atoms with van der Waals surface area (Å²) in [5.41, 5.74) is 0.348. The van der Waals surface area contributed by atoms with Crippen LogP contribution in [0.5, 0.6) is 0 Å². The lowest BCUT2D eigenvalue weighted by molar-refractivity contribution is -0.188. The van der Waals surface area contributed by atoms with Gasteiger partial charge in [0.1, 0.15) is 6.10 Å². The van der Waals surface area contributed by atoms with Crippen LogP contribution in [-0.4, -0.2) is 52.1 Å². The standard InChI is InChI=1S/C32H51NO4/c1-19(2)22-10-14-28(4)21-9-16-31-13-7-8-24(31)32(28,26(22)33(31)18-21)17-11-23-29(5)15-12-25(36-20(3)34)30(23,6)27(35)37-29/h19,21-27,35H,7-18H2,1-6H3/t21-,22-,23-,24-,25+,26+,27-,28+,29-,30-,31-,32-/m1/s1. The molecule has 4 heterocycles. The Hall–Kier alpha value is -0.650. The van der Waals surface area contributed by atoms with E-state index < -0.39 is 11.7 Å². The molecule has 0 aromatic heterocycles. The van der Waals surface area contributed by atoms with Gasteiger partial charge in [-0.25, -0.2) is 0 Å². The van der Waals surface area contributed by atoms with Crippen molar-refractivity contribution in [3.05, 3.63) is 0 Å². The van der Waals surface area contributed by atoms with Crippen LogP contribution >= 0.6 is 0 Å². The van der Waals surface area contributed by atoms with Gasteiger partial charge in [-0.1, -0.05) is 34.1 Å². The highest BCUT2D eigenvalue weighted by molar-refractivity contribution is 5.66. The zero-order chi connectivity index (χ0) is 26.2. The van der Waals surface area contributed by atoms with Crippen LogP contribution in [0.15, 0.2) is 0 Å². The lowest BCUT2D eigenvalue weighted by Gasteiger charge is -2.67. The van der Waals surface area contributed by atoms with Crippen molar-refractivity contribution >= 4 is 5.97 Å². The number of piperidine rings is 2. The zero-order valence-electron chi connectivity index (χ0n) is 24.2. The molecule has 4 aliphatic heterocycles. The Balaban J connectivity index is 1.30. The van der Waals surface area contributed by atoms with Crippen LogP contribution in [0.2, 0.25) is 0 Å². The largest absolute Gasteiger partial charge is 0.462 e. The molecule has 3 saturated carbocycles. The average Bonchev–Trinajstić information content (AvgIpc) is 3.35. The first-order valence-electron chi connectivity index (χ1n) is 15.7. The highest BCUT2D eigenvalue weighted by atomic mass is 16.6. The number of hydrogen-bond donors (Lipinski definition) is 1. The van der Waals surface area contributed by atoms with E-state index in [0.717, 1.165) is 42.9 Å². The SMILES string of the molecule is CC(=O)O[C@H]1CC[C@@]2(C)O[C@@H](O)[C@]1(C)[C@@H]2CC[C@@]12[C@@H]3[C@@H](C(C)C)CC[C@@]1(C)[C@@H]1CC[C@@]4(CCC[C@H]42)N3C1. The zero-order valence-corrected chi connectivity index (χ0v) is 24.2. The summed E-state index contributed by atoms with van der Waals surface area (Å²) in [4.78, 5) is 15.2. The van der Waals surface area contributed by atoms with Crippen LogP contribution in [0, 0.1) is 45.8 Å². The van der Waals surface area contributed by atoms with E-state index in [-0.39, 0.29) is 23.6 Å². The van der Waals surface area contributed by atoms with E-state index in [9.17, 15) is 9.90 Å². The molecule has 1 unspecified atom stereocenters. The molecule has 1 spiro atoms. The van der Waals surface area contributed by atoms with Gasteiger partial charge in [-0.15, -0.1) is 0 Å². The van der Waals surface area contributed by atoms with Crippen LogP contribution < -0.4 is 0 Å². The average molecular weight is 514 g/mol. The smallest absolute Gasteiger partial charge is 0.302 e. The minimum atomic E-state index is -0.870. The van der Waals surface area contributed by atoms with Gasteiger partial charge in [0.25, 0.3) is 0 Å². The summed E-state index contributed by atoms with van der Waals surface area (Å²) >= 11 is 0. The van der Waals surface area contributed by atoms with Crippen molar-refractivity contribution in [2.75, 3.05) is 6.54 Å². The first-order chi connectivity index (χ1) is 17.4. The number of ether oxygens (including phenoxy) is 2. The van der Waals surface area contributed by atoms with E-state index in [0.29, 0.717) is 22.4 Å². The van der Waals surface area contributed by atoms with Crippen molar-refractivity contribution in [3.63, 3.8) is 0 Å². The van der Waals surface area contributed by atoms with Crippen LogP contribution in [0.3, 0.4) is 0 Å². The Bertz CT molecular complexity index is 984. The third-order valence-electron chi connectivity index (χ3n) is 14.5. The molecule has 13 atom stereocenters. The fraction of sp³-hybridized carbons (Fsp3) is 0.969. The second-order valence-electron chi connectivity index (χ2n) is 15.7. The number of carbonyl (C=O) groups is 1. The molecule has 208 valence electrons. The molecule has 7 fully saturated rings. The minimum absolute atomic E-state index is 0.204. The normalized spacial score (nSPS) is 59.1. The summed E-state index contributed by atoms with van der Waals surface area (Å²) in [6.07, 6.45) is 12.7. The lowest BCUT2D eigenvalue weighted by Crippen LogP contribution is -2.68. The number of esters is 1. The molecule has 4 saturated heterocycles.